The van der Waals surface area contributed by atoms with Gasteiger partial charge in [-0.05, 0) is 55.5 Å². The Morgan fingerprint density at radius 2 is 1.76 bits per heavy atom. The molecule has 11 heteroatoms. The van der Waals surface area contributed by atoms with Crippen molar-refractivity contribution in [2.75, 3.05) is 7.11 Å². The van der Waals surface area contributed by atoms with Crippen LogP contribution in [0.25, 0.3) is 22.8 Å². The first-order valence-electron chi connectivity index (χ1n) is 9.81. The molecular formula is C23H16ClF3N4O3. The highest BCUT2D eigenvalue weighted by molar-refractivity contribution is 6.30. The lowest BCUT2D eigenvalue weighted by Gasteiger charge is -2.17. The van der Waals surface area contributed by atoms with Crippen LogP contribution in [0.5, 0.6) is 0 Å². The van der Waals surface area contributed by atoms with Crippen molar-refractivity contribution in [2.24, 2.45) is 0 Å². The second-order valence-electron chi connectivity index (χ2n) is 7.18. The normalized spacial score (nSPS) is 11.5. The number of alkyl halides is 3. The maximum absolute atomic E-state index is 13.3. The van der Waals surface area contributed by atoms with Gasteiger partial charge in [-0.15, -0.1) is 0 Å². The molecule has 4 rings (SSSR count). The molecule has 4 aromatic rings. The van der Waals surface area contributed by atoms with E-state index >= 15 is 0 Å². The van der Waals surface area contributed by atoms with Crippen LogP contribution in [0, 0.1) is 6.92 Å². The van der Waals surface area contributed by atoms with Crippen LogP contribution in [0.4, 0.5) is 13.2 Å². The van der Waals surface area contributed by atoms with Gasteiger partial charge in [0.1, 0.15) is 5.69 Å². The van der Waals surface area contributed by atoms with E-state index in [9.17, 15) is 22.8 Å². The first-order valence-corrected chi connectivity index (χ1v) is 10.2. The number of hydrogen-bond donors (Lipinski definition) is 0. The van der Waals surface area contributed by atoms with E-state index in [4.69, 9.17) is 16.3 Å². The predicted molar refractivity (Wildman–Crippen MR) is 118 cm³/mol. The number of carbonyl (C=O) groups is 1. The summed E-state index contributed by atoms with van der Waals surface area (Å²) in [7, 11) is 1.08. The van der Waals surface area contributed by atoms with E-state index in [0.29, 0.717) is 16.4 Å². The lowest BCUT2D eigenvalue weighted by molar-refractivity contribution is -0.137. The molecule has 0 unspecified atom stereocenters. The van der Waals surface area contributed by atoms with Crippen molar-refractivity contribution in [3.8, 4) is 22.8 Å². The molecule has 0 saturated heterocycles. The average Bonchev–Trinajstić information content (AvgIpc) is 3.28. The minimum absolute atomic E-state index is 0.0799. The summed E-state index contributed by atoms with van der Waals surface area (Å²) in [6, 6.07) is 12.6. The highest BCUT2D eigenvalue weighted by Gasteiger charge is 2.31. The second kappa shape index (κ2) is 8.79. The molecule has 2 aromatic carbocycles. The van der Waals surface area contributed by atoms with Crippen molar-refractivity contribution in [2.45, 2.75) is 13.1 Å². The first-order chi connectivity index (χ1) is 16.1. The molecule has 0 saturated carbocycles. The van der Waals surface area contributed by atoms with E-state index in [1.54, 1.807) is 30.3 Å². The van der Waals surface area contributed by atoms with E-state index in [1.165, 1.54) is 29.9 Å². The van der Waals surface area contributed by atoms with Crippen molar-refractivity contribution in [3.05, 3.63) is 93.1 Å². The Labute approximate surface area is 196 Å². The standard InChI is InChI=1S/C23H16ClF3N4O3/c1-13-19(18-10-11-28-31(18)16-8-6-15(24)7-9-16)29-20(22(33)34-2)21(32)30(13)17-5-3-4-14(12-17)23(25,26)27/h3-12H,1-2H3. The molecule has 34 heavy (non-hydrogen) atoms. The van der Waals surface area contributed by atoms with E-state index < -0.39 is 29.0 Å². The number of nitrogens with zero attached hydrogens (tertiary/aromatic N) is 4. The molecule has 2 aromatic heterocycles. The molecule has 0 spiro atoms. The number of methoxy groups -OCH3 is 1. The smallest absolute Gasteiger partial charge is 0.416 e. The van der Waals surface area contributed by atoms with E-state index in [0.717, 1.165) is 23.8 Å². The van der Waals surface area contributed by atoms with Crippen LogP contribution in [0.2, 0.25) is 5.02 Å². The van der Waals surface area contributed by atoms with Crippen molar-refractivity contribution in [1.82, 2.24) is 19.3 Å². The third-order valence-corrected chi connectivity index (χ3v) is 5.33. The zero-order chi connectivity index (χ0) is 24.6. The minimum Gasteiger partial charge on any atom is -0.464 e. The van der Waals surface area contributed by atoms with Gasteiger partial charge >= 0.3 is 12.1 Å². The lowest BCUT2D eigenvalue weighted by Crippen LogP contribution is -2.30. The zero-order valence-corrected chi connectivity index (χ0v) is 18.6. The summed E-state index contributed by atoms with van der Waals surface area (Å²) in [5.74, 6) is -1.02. The molecule has 0 radical (unpaired) electrons. The van der Waals surface area contributed by atoms with Crippen LogP contribution in [-0.4, -0.2) is 32.4 Å². The third kappa shape index (κ3) is 4.19. The van der Waals surface area contributed by atoms with Crippen LogP contribution in [0.15, 0.2) is 65.6 Å². The molecule has 0 N–H and O–H groups in total. The van der Waals surface area contributed by atoms with E-state index in [1.807, 2.05) is 0 Å². The van der Waals surface area contributed by atoms with Crippen molar-refractivity contribution < 1.29 is 22.7 Å². The number of aromatic nitrogens is 4. The van der Waals surface area contributed by atoms with E-state index in [-0.39, 0.29) is 17.1 Å². The Hall–Kier alpha value is -3.92. The Kier molecular flexibility index (Phi) is 6.01. The number of halogens is 4. The molecule has 0 fully saturated rings. The maximum Gasteiger partial charge on any atom is 0.416 e. The maximum atomic E-state index is 13.3. The van der Waals surface area contributed by atoms with Gasteiger partial charge in [-0.25, -0.2) is 14.5 Å². The molecule has 0 bridgehead atoms. The molecule has 0 amide bonds. The summed E-state index contributed by atoms with van der Waals surface area (Å²) in [6.07, 6.45) is -3.13. The third-order valence-electron chi connectivity index (χ3n) is 5.07. The van der Waals surface area contributed by atoms with Crippen LogP contribution in [0.3, 0.4) is 0 Å². The summed E-state index contributed by atoms with van der Waals surface area (Å²) < 4.78 is 47.2. The Morgan fingerprint density at radius 3 is 2.41 bits per heavy atom. The topological polar surface area (TPSA) is 79.0 Å². The summed E-state index contributed by atoms with van der Waals surface area (Å²) >= 11 is 5.97. The Morgan fingerprint density at radius 1 is 1.06 bits per heavy atom. The first kappa shape index (κ1) is 23.2. The molecule has 0 aliphatic rings. The molecular weight excluding hydrogens is 473 g/mol. The molecule has 2 heterocycles. The van der Waals surface area contributed by atoms with Gasteiger partial charge in [0, 0.05) is 10.7 Å². The fraction of sp³-hybridized carbons (Fsp3) is 0.130. The summed E-state index contributed by atoms with van der Waals surface area (Å²) in [5.41, 5.74) is -1.15. The molecule has 0 atom stereocenters. The highest BCUT2D eigenvalue weighted by Crippen LogP contribution is 2.31. The van der Waals surface area contributed by atoms with Crippen LogP contribution in [0.1, 0.15) is 21.7 Å². The molecule has 7 nitrogen and oxygen atoms in total. The molecule has 0 aliphatic carbocycles. The van der Waals surface area contributed by atoms with Crippen molar-refractivity contribution >= 4 is 17.6 Å². The fourth-order valence-corrected chi connectivity index (χ4v) is 3.61. The van der Waals surface area contributed by atoms with Gasteiger partial charge in [0.05, 0.1) is 35.9 Å². The molecule has 174 valence electrons. The number of carbonyl (C=O) groups excluding carboxylic acids is 1. The average molecular weight is 489 g/mol. The Bertz CT molecular complexity index is 1440. The van der Waals surface area contributed by atoms with Crippen LogP contribution < -0.4 is 5.56 Å². The van der Waals surface area contributed by atoms with Crippen LogP contribution in [-0.2, 0) is 10.9 Å². The largest absolute Gasteiger partial charge is 0.464 e. The second-order valence-corrected chi connectivity index (χ2v) is 7.62. The van der Waals surface area contributed by atoms with Crippen LogP contribution >= 0.6 is 11.6 Å². The minimum atomic E-state index is -4.62. The highest BCUT2D eigenvalue weighted by atomic mass is 35.5. The molecule has 0 aliphatic heterocycles. The van der Waals surface area contributed by atoms with E-state index in [2.05, 4.69) is 10.1 Å². The van der Waals surface area contributed by atoms with Gasteiger partial charge in [-0.1, -0.05) is 17.7 Å². The quantitative estimate of drug-likeness (QED) is 0.384. The van der Waals surface area contributed by atoms with Gasteiger partial charge in [-0.3, -0.25) is 9.36 Å². The van der Waals surface area contributed by atoms with Gasteiger partial charge in [0.2, 0.25) is 5.69 Å². The van der Waals surface area contributed by atoms with Gasteiger partial charge in [0.25, 0.3) is 5.56 Å². The number of hydrogen-bond acceptors (Lipinski definition) is 5. The Balaban J connectivity index is 2.01. The predicted octanol–water partition coefficient (Wildman–Crippen LogP) is 4.85. The monoisotopic (exact) mass is 488 g/mol. The fourth-order valence-electron chi connectivity index (χ4n) is 3.48. The number of esters is 1. The summed E-state index contributed by atoms with van der Waals surface area (Å²) in [4.78, 5) is 29.7. The van der Waals surface area contributed by atoms with Gasteiger partial charge in [-0.2, -0.15) is 18.3 Å². The SMILES string of the molecule is COC(=O)c1nc(-c2ccnn2-c2ccc(Cl)cc2)c(C)n(-c2cccc(C(F)(F)F)c2)c1=O. The van der Waals surface area contributed by atoms with Gasteiger partial charge < -0.3 is 4.74 Å². The lowest BCUT2D eigenvalue weighted by atomic mass is 10.1. The number of benzene rings is 2. The van der Waals surface area contributed by atoms with Crippen molar-refractivity contribution in [3.63, 3.8) is 0 Å². The number of rotatable bonds is 4. The summed E-state index contributed by atoms with van der Waals surface area (Å²) in [6.45, 7) is 1.52. The van der Waals surface area contributed by atoms with Gasteiger partial charge in [0.15, 0.2) is 0 Å². The summed E-state index contributed by atoms with van der Waals surface area (Å²) in [5, 5.41) is 4.79. The number of ether oxygens (including phenoxy) is 1. The zero-order valence-electron chi connectivity index (χ0n) is 17.8. The van der Waals surface area contributed by atoms with Crippen molar-refractivity contribution in [1.29, 1.82) is 0 Å².